The maximum Gasteiger partial charge on any atom is 0.146 e. The number of rotatable bonds is 5. The first kappa shape index (κ1) is 13.8. The van der Waals surface area contributed by atoms with Crippen LogP contribution in [0.3, 0.4) is 0 Å². The van der Waals surface area contributed by atoms with Crippen LogP contribution in [0.1, 0.15) is 46.0 Å². The summed E-state index contributed by atoms with van der Waals surface area (Å²) in [5.41, 5.74) is 0. The van der Waals surface area contributed by atoms with E-state index in [-0.39, 0.29) is 0 Å². The van der Waals surface area contributed by atoms with E-state index >= 15 is 0 Å². The van der Waals surface area contributed by atoms with Crippen molar-refractivity contribution in [2.75, 3.05) is 11.4 Å². The Morgan fingerprint density at radius 3 is 2.72 bits per heavy atom. The van der Waals surface area contributed by atoms with Crippen molar-refractivity contribution >= 4 is 21.7 Å². The summed E-state index contributed by atoms with van der Waals surface area (Å²) in [6.07, 6.45) is 10.0. The van der Waals surface area contributed by atoms with E-state index in [1.165, 1.54) is 32.1 Å². The van der Waals surface area contributed by atoms with E-state index in [2.05, 4.69) is 44.6 Å². The van der Waals surface area contributed by atoms with Gasteiger partial charge in [0.1, 0.15) is 12.1 Å². The van der Waals surface area contributed by atoms with Crippen LogP contribution in [0, 0.1) is 5.92 Å². The van der Waals surface area contributed by atoms with Crippen molar-refractivity contribution in [3.8, 4) is 0 Å². The molecule has 0 amide bonds. The maximum absolute atomic E-state index is 4.47. The summed E-state index contributed by atoms with van der Waals surface area (Å²) >= 11 is 3.58. The molecule has 1 aromatic rings. The van der Waals surface area contributed by atoms with Crippen molar-refractivity contribution in [2.24, 2.45) is 5.92 Å². The van der Waals surface area contributed by atoms with E-state index in [0.717, 1.165) is 22.8 Å². The Hall–Kier alpha value is -0.640. The van der Waals surface area contributed by atoms with Crippen molar-refractivity contribution in [2.45, 2.75) is 52.0 Å². The number of aromatic nitrogens is 2. The van der Waals surface area contributed by atoms with Gasteiger partial charge in [-0.3, -0.25) is 0 Å². The lowest BCUT2D eigenvalue weighted by molar-refractivity contribution is 0.524. The lowest BCUT2D eigenvalue weighted by atomic mass is 10.1. The molecule has 0 spiro atoms. The number of hydrogen-bond donors (Lipinski definition) is 0. The highest BCUT2D eigenvalue weighted by atomic mass is 79.9. The highest BCUT2D eigenvalue weighted by Crippen LogP contribution is 2.31. The maximum atomic E-state index is 4.47. The molecule has 4 heteroatoms. The van der Waals surface area contributed by atoms with Gasteiger partial charge in [0.15, 0.2) is 0 Å². The van der Waals surface area contributed by atoms with Gasteiger partial charge in [0, 0.05) is 18.8 Å². The number of nitrogens with zero attached hydrogens (tertiary/aromatic N) is 3. The minimum absolute atomic E-state index is 0.662. The van der Waals surface area contributed by atoms with Crippen LogP contribution in [-0.2, 0) is 0 Å². The number of halogens is 1. The van der Waals surface area contributed by atoms with Crippen LogP contribution >= 0.6 is 15.9 Å². The van der Waals surface area contributed by atoms with Crippen LogP contribution < -0.4 is 4.90 Å². The molecule has 1 fully saturated rings. The predicted molar refractivity (Wildman–Crippen MR) is 78.8 cm³/mol. The van der Waals surface area contributed by atoms with Gasteiger partial charge in [0.2, 0.25) is 0 Å². The van der Waals surface area contributed by atoms with E-state index in [9.17, 15) is 0 Å². The average molecular weight is 312 g/mol. The molecule has 0 radical (unpaired) electrons. The van der Waals surface area contributed by atoms with Gasteiger partial charge in [-0.05, 0) is 41.1 Å². The second-order valence-electron chi connectivity index (χ2n) is 5.51. The zero-order chi connectivity index (χ0) is 13.0. The summed E-state index contributed by atoms with van der Waals surface area (Å²) < 4.78 is 1.01. The molecule has 1 saturated carbocycles. The molecule has 1 aromatic heterocycles. The fraction of sp³-hybridized carbons (Fsp3) is 0.714. The highest BCUT2D eigenvalue weighted by molar-refractivity contribution is 9.10. The lowest BCUT2D eigenvalue weighted by Gasteiger charge is -2.31. The monoisotopic (exact) mass is 311 g/mol. The fourth-order valence-corrected chi connectivity index (χ4v) is 3.04. The molecule has 1 aliphatic carbocycles. The van der Waals surface area contributed by atoms with Crippen LogP contribution in [0.25, 0.3) is 0 Å². The quantitative estimate of drug-likeness (QED) is 0.822. The van der Waals surface area contributed by atoms with Crippen molar-refractivity contribution in [3.63, 3.8) is 0 Å². The first-order valence-corrected chi connectivity index (χ1v) is 7.70. The van der Waals surface area contributed by atoms with E-state index < -0.39 is 0 Å². The summed E-state index contributed by atoms with van der Waals surface area (Å²) in [5.74, 6) is 1.80. The topological polar surface area (TPSA) is 29.0 Å². The minimum Gasteiger partial charge on any atom is -0.353 e. The van der Waals surface area contributed by atoms with E-state index in [1.54, 1.807) is 6.33 Å². The Bertz CT molecular complexity index is 375. The lowest BCUT2D eigenvalue weighted by Crippen LogP contribution is -2.35. The van der Waals surface area contributed by atoms with Crippen LogP contribution in [-0.4, -0.2) is 22.6 Å². The van der Waals surface area contributed by atoms with Gasteiger partial charge in [-0.25, -0.2) is 9.97 Å². The molecule has 0 aromatic carbocycles. The molecule has 1 heterocycles. The third kappa shape index (κ3) is 3.44. The Morgan fingerprint density at radius 1 is 1.39 bits per heavy atom. The molecule has 0 aliphatic heterocycles. The SMILES string of the molecule is CC(C)CCN(c1ncncc1Br)C1CCCC1. The smallest absolute Gasteiger partial charge is 0.146 e. The van der Waals surface area contributed by atoms with Gasteiger partial charge in [0.05, 0.1) is 4.47 Å². The predicted octanol–water partition coefficient (Wildman–Crippen LogP) is 4.03. The summed E-state index contributed by atoms with van der Waals surface area (Å²) in [5, 5.41) is 0. The molecular formula is C14H22BrN3. The second-order valence-corrected chi connectivity index (χ2v) is 6.36. The summed E-state index contributed by atoms with van der Waals surface area (Å²) in [6.45, 7) is 5.65. The van der Waals surface area contributed by atoms with Crippen molar-refractivity contribution in [3.05, 3.63) is 17.0 Å². The minimum atomic E-state index is 0.662. The molecule has 0 bridgehead atoms. The molecule has 3 nitrogen and oxygen atoms in total. The fourth-order valence-electron chi connectivity index (χ4n) is 2.59. The summed E-state index contributed by atoms with van der Waals surface area (Å²) in [4.78, 5) is 11.0. The molecule has 2 rings (SSSR count). The summed E-state index contributed by atoms with van der Waals surface area (Å²) in [6, 6.07) is 0.662. The number of anilines is 1. The van der Waals surface area contributed by atoms with Gasteiger partial charge in [-0.2, -0.15) is 0 Å². The second kappa shape index (κ2) is 6.50. The standard InChI is InChI=1S/C14H22BrN3/c1-11(2)7-8-18(12-5-3-4-6-12)14-13(15)9-16-10-17-14/h9-12H,3-8H2,1-2H3. The zero-order valence-electron chi connectivity index (χ0n) is 11.3. The van der Waals surface area contributed by atoms with Crippen LogP contribution in [0.4, 0.5) is 5.82 Å². The van der Waals surface area contributed by atoms with Gasteiger partial charge < -0.3 is 4.90 Å². The normalized spacial score (nSPS) is 16.4. The van der Waals surface area contributed by atoms with Gasteiger partial charge >= 0.3 is 0 Å². The van der Waals surface area contributed by atoms with E-state index in [4.69, 9.17) is 0 Å². The molecular weight excluding hydrogens is 290 g/mol. The Morgan fingerprint density at radius 2 is 2.11 bits per heavy atom. The largest absolute Gasteiger partial charge is 0.353 e. The Labute approximate surface area is 118 Å². The summed E-state index contributed by atoms with van der Waals surface area (Å²) in [7, 11) is 0. The first-order chi connectivity index (χ1) is 8.68. The zero-order valence-corrected chi connectivity index (χ0v) is 12.9. The number of hydrogen-bond acceptors (Lipinski definition) is 3. The Kier molecular flexibility index (Phi) is 4.98. The molecule has 100 valence electrons. The van der Waals surface area contributed by atoms with E-state index in [0.29, 0.717) is 6.04 Å². The molecule has 0 N–H and O–H groups in total. The molecule has 0 unspecified atom stereocenters. The third-order valence-corrected chi connectivity index (χ3v) is 4.19. The third-order valence-electron chi connectivity index (χ3n) is 3.63. The molecule has 18 heavy (non-hydrogen) atoms. The van der Waals surface area contributed by atoms with Gasteiger partial charge in [-0.1, -0.05) is 26.7 Å². The average Bonchev–Trinajstić information content (AvgIpc) is 2.85. The highest BCUT2D eigenvalue weighted by Gasteiger charge is 2.25. The first-order valence-electron chi connectivity index (χ1n) is 6.90. The molecule has 0 atom stereocenters. The van der Waals surface area contributed by atoms with Crippen molar-refractivity contribution in [1.29, 1.82) is 0 Å². The van der Waals surface area contributed by atoms with Crippen molar-refractivity contribution in [1.82, 2.24) is 9.97 Å². The molecule has 0 saturated heterocycles. The van der Waals surface area contributed by atoms with Gasteiger partial charge in [-0.15, -0.1) is 0 Å². The van der Waals surface area contributed by atoms with Crippen LogP contribution in [0.15, 0.2) is 17.0 Å². The van der Waals surface area contributed by atoms with Crippen molar-refractivity contribution < 1.29 is 0 Å². The Balaban J connectivity index is 2.15. The van der Waals surface area contributed by atoms with Crippen LogP contribution in [0.2, 0.25) is 0 Å². The van der Waals surface area contributed by atoms with E-state index in [1.807, 2.05) is 6.20 Å². The van der Waals surface area contributed by atoms with Crippen LogP contribution in [0.5, 0.6) is 0 Å². The molecule has 1 aliphatic rings. The van der Waals surface area contributed by atoms with Gasteiger partial charge in [0.25, 0.3) is 0 Å².